The van der Waals surface area contributed by atoms with Gasteiger partial charge in [-0.15, -0.1) is 0 Å². The van der Waals surface area contributed by atoms with E-state index in [2.05, 4.69) is 22.8 Å². The number of para-hydroxylation sites is 1. The molecule has 6 rings (SSSR count). The first-order valence-electron chi connectivity index (χ1n) is 12.2. The van der Waals surface area contributed by atoms with Gasteiger partial charge >= 0.3 is 11.9 Å². The molecule has 0 amide bonds. The topological polar surface area (TPSA) is 77.8 Å². The molecule has 0 radical (unpaired) electrons. The first-order chi connectivity index (χ1) is 16.6. The van der Waals surface area contributed by atoms with Crippen molar-refractivity contribution in [2.75, 3.05) is 14.2 Å². The van der Waals surface area contributed by atoms with Crippen molar-refractivity contribution in [3.05, 3.63) is 63.9 Å². The first-order valence-corrected chi connectivity index (χ1v) is 12.2. The van der Waals surface area contributed by atoms with E-state index in [4.69, 9.17) is 9.47 Å². The molecular weight excluding hydrogens is 430 g/mol. The van der Waals surface area contributed by atoms with Crippen LogP contribution in [0.4, 0.5) is 0 Å². The molecule has 1 saturated carbocycles. The molecule has 34 heavy (non-hydrogen) atoms. The second-order valence-corrected chi connectivity index (χ2v) is 9.82. The number of carbonyl (C=O) groups excluding carboxylic acids is 1. The summed E-state index contributed by atoms with van der Waals surface area (Å²) in [7, 11) is 3.07. The summed E-state index contributed by atoms with van der Waals surface area (Å²) in [6, 6.07) is 6.41. The predicted molar refractivity (Wildman–Crippen MR) is 128 cm³/mol. The number of carbonyl (C=O) groups is 2. The number of hydrogen-bond acceptors (Lipinski definition) is 4. The number of carboxylic acids is 1. The van der Waals surface area contributed by atoms with E-state index in [0.717, 1.165) is 51.9 Å². The lowest BCUT2D eigenvalue weighted by molar-refractivity contribution is -0.142. The van der Waals surface area contributed by atoms with Crippen LogP contribution in [-0.4, -0.2) is 35.8 Å². The van der Waals surface area contributed by atoms with Crippen molar-refractivity contribution in [1.29, 1.82) is 0 Å². The molecule has 1 aliphatic heterocycles. The highest BCUT2D eigenvalue weighted by atomic mass is 16.5. The van der Waals surface area contributed by atoms with Crippen LogP contribution in [0.1, 0.15) is 61.6 Å². The van der Waals surface area contributed by atoms with Gasteiger partial charge in [0.25, 0.3) is 0 Å². The number of nitrogens with zero attached hydrogens (tertiary/aromatic N) is 1. The Hall–Kier alpha value is -3.28. The van der Waals surface area contributed by atoms with Crippen molar-refractivity contribution in [3.8, 4) is 5.75 Å². The molecule has 1 N–H and O–H groups in total. The van der Waals surface area contributed by atoms with Gasteiger partial charge in [0.2, 0.25) is 0 Å². The summed E-state index contributed by atoms with van der Waals surface area (Å²) in [4.78, 5) is 25.0. The number of methoxy groups -OCH3 is 2. The van der Waals surface area contributed by atoms with Crippen molar-refractivity contribution in [1.82, 2.24) is 4.57 Å². The molecule has 2 aromatic rings. The summed E-state index contributed by atoms with van der Waals surface area (Å²) in [5.74, 6) is -0.950. The van der Waals surface area contributed by atoms with E-state index < -0.39 is 17.8 Å². The highest BCUT2D eigenvalue weighted by molar-refractivity contribution is 6.06. The van der Waals surface area contributed by atoms with Crippen LogP contribution in [-0.2, 0) is 20.9 Å². The number of rotatable bonds is 4. The van der Waals surface area contributed by atoms with Gasteiger partial charge < -0.3 is 19.1 Å². The van der Waals surface area contributed by atoms with Crippen LogP contribution in [0.3, 0.4) is 0 Å². The van der Waals surface area contributed by atoms with Crippen molar-refractivity contribution >= 4 is 22.8 Å². The Balaban J connectivity index is 1.66. The normalized spacial score (nSPS) is 23.8. The van der Waals surface area contributed by atoms with Crippen LogP contribution < -0.4 is 4.74 Å². The average Bonchev–Trinajstić information content (AvgIpc) is 3.52. The third kappa shape index (κ3) is 2.93. The number of aliphatic carboxylic acids is 1. The Morgan fingerprint density at radius 2 is 1.91 bits per heavy atom. The Kier molecular flexibility index (Phi) is 4.94. The zero-order chi connectivity index (χ0) is 23.6. The maximum Gasteiger partial charge on any atom is 0.338 e. The van der Waals surface area contributed by atoms with Crippen LogP contribution >= 0.6 is 0 Å². The Morgan fingerprint density at radius 1 is 1.12 bits per heavy atom. The van der Waals surface area contributed by atoms with Crippen molar-refractivity contribution in [2.24, 2.45) is 5.92 Å². The number of hydrogen-bond donors (Lipinski definition) is 1. The average molecular weight is 460 g/mol. The fraction of sp³-hybridized carbons (Fsp3) is 0.429. The van der Waals surface area contributed by atoms with E-state index in [1.54, 1.807) is 7.11 Å². The summed E-state index contributed by atoms with van der Waals surface area (Å²) in [5.41, 5.74) is 6.71. The molecule has 1 aromatic heterocycles. The molecule has 6 nitrogen and oxygen atoms in total. The van der Waals surface area contributed by atoms with Crippen LogP contribution in [0.15, 0.2) is 52.6 Å². The van der Waals surface area contributed by atoms with Crippen LogP contribution in [0, 0.1) is 5.92 Å². The molecular formula is C28H29NO5. The molecule has 2 heterocycles. The zero-order valence-corrected chi connectivity index (χ0v) is 19.6. The van der Waals surface area contributed by atoms with Crippen LogP contribution in [0.25, 0.3) is 10.9 Å². The molecule has 1 fully saturated rings. The number of benzene rings is 1. The minimum absolute atomic E-state index is 0.346. The van der Waals surface area contributed by atoms with Gasteiger partial charge in [-0.1, -0.05) is 43.5 Å². The molecule has 2 atom stereocenters. The maximum absolute atomic E-state index is 12.6. The minimum atomic E-state index is -0.831. The van der Waals surface area contributed by atoms with E-state index in [1.807, 2.05) is 12.2 Å². The van der Waals surface area contributed by atoms with Crippen molar-refractivity contribution in [2.45, 2.75) is 56.9 Å². The third-order valence-corrected chi connectivity index (χ3v) is 8.18. The summed E-state index contributed by atoms with van der Waals surface area (Å²) in [5, 5.41) is 11.2. The standard InChI is InChI=1S/C28H29NO5/c1-33-26-19-13-6-10-16(15-8-4-3-5-9-15)24(19)29-14-20-21(23(20)28(32)34-2)17-11-7-12-18(27(30)31)22(17)25(26)29/h6-7,10-11,13,15,18,22H,3-5,8-9,12,14H2,1-2H3,(H,30,31)/t18-,22?/m1/s1. The van der Waals surface area contributed by atoms with Gasteiger partial charge in [-0.3, -0.25) is 4.79 Å². The number of allylic oxidation sites excluding steroid dienone is 4. The third-order valence-electron chi connectivity index (χ3n) is 8.18. The second-order valence-electron chi connectivity index (χ2n) is 9.82. The fourth-order valence-corrected chi connectivity index (χ4v) is 6.66. The summed E-state index contributed by atoms with van der Waals surface area (Å²) in [6.45, 7) is 0.527. The van der Waals surface area contributed by atoms with Gasteiger partial charge in [0.15, 0.2) is 0 Å². The molecule has 1 aromatic carbocycles. The summed E-state index contributed by atoms with van der Waals surface area (Å²) in [6.07, 6.45) is 10.4. The number of fused-ring (bicyclic) bond motifs is 6. The lowest BCUT2D eigenvalue weighted by Gasteiger charge is -2.29. The number of ether oxygens (including phenoxy) is 2. The minimum Gasteiger partial charge on any atom is -0.494 e. The summed E-state index contributed by atoms with van der Waals surface area (Å²) >= 11 is 0. The quantitative estimate of drug-likeness (QED) is 0.633. The second kappa shape index (κ2) is 7.90. The van der Waals surface area contributed by atoms with Crippen LogP contribution in [0.5, 0.6) is 5.75 Å². The lowest BCUT2D eigenvalue weighted by Crippen LogP contribution is -2.27. The molecule has 0 spiro atoms. The Labute approximate surface area is 198 Å². The van der Waals surface area contributed by atoms with Gasteiger partial charge in [-0.25, -0.2) is 4.79 Å². The highest BCUT2D eigenvalue weighted by Gasteiger charge is 2.48. The van der Waals surface area contributed by atoms with E-state index in [1.165, 1.54) is 31.9 Å². The first kappa shape index (κ1) is 21.3. The Morgan fingerprint density at radius 3 is 2.62 bits per heavy atom. The van der Waals surface area contributed by atoms with Crippen molar-refractivity contribution < 1.29 is 24.2 Å². The Bertz CT molecular complexity index is 1320. The smallest absolute Gasteiger partial charge is 0.338 e. The van der Waals surface area contributed by atoms with E-state index >= 15 is 0 Å². The zero-order valence-electron chi connectivity index (χ0n) is 19.6. The van der Waals surface area contributed by atoms with Gasteiger partial charge in [-0.05, 0) is 53.5 Å². The number of esters is 1. The largest absolute Gasteiger partial charge is 0.494 e. The monoisotopic (exact) mass is 459 g/mol. The molecule has 3 aliphatic carbocycles. The lowest BCUT2D eigenvalue weighted by atomic mass is 9.76. The van der Waals surface area contributed by atoms with Gasteiger partial charge in [-0.2, -0.15) is 0 Å². The number of carboxylic acid groups (broad SMARTS) is 1. The van der Waals surface area contributed by atoms with Crippen LogP contribution in [0.2, 0.25) is 0 Å². The molecule has 6 heteroatoms. The van der Waals surface area contributed by atoms with Crippen molar-refractivity contribution in [3.63, 3.8) is 0 Å². The molecule has 0 saturated heterocycles. The molecule has 0 bridgehead atoms. The van der Waals surface area contributed by atoms with E-state index in [9.17, 15) is 14.7 Å². The fourth-order valence-electron chi connectivity index (χ4n) is 6.66. The molecule has 176 valence electrons. The predicted octanol–water partition coefficient (Wildman–Crippen LogP) is 5.24. The SMILES string of the molecule is COC(=O)C1=C2Cn3c(c(OC)c4cccc(C5CCCCC5)c43)C3C(=C21)C=CC[C@H]3C(=O)O. The highest BCUT2D eigenvalue weighted by Crippen LogP contribution is 2.57. The summed E-state index contributed by atoms with van der Waals surface area (Å²) < 4.78 is 13.4. The van der Waals surface area contributed by atoms with Gasteiger partial charge in [0.1, 0.15) is 5.75 Å². The van der Waals surface area contributed by atoms with Gasteiger partial charge in [0, 0.05) is 17.8 Å². The van der Waals surface area contributed by atoms with E-state index in [-0.39, 0.29) is 5.97 Å². The van der Waals surface area contributed by atoms with E-state index in [0.29, 0.717) is 24.5 Å². The maximum atomic E-state index is 12.6. The molecule has 1 unspecified atom stereocenters. The van der Waals surface area contributed by atoms with Gasteiger partial charge in [0.05, 0.1) is 36.9 Å². The number of aromatic nitrogens is 1. The molecule has 4 aliphatic rings.